The van der Waals surface area contributed by atoms with Gasteiger partial charge in [0.25, 0.3) is 0 Å². The lowest BCUT2D eigenvalue weighted by Crippen LogP contribution is -2.16. The highest BCUT2D eigenvalue weighted by Gasteiger charge is 2.37. The van der Waals surface area contributed by atoms with E-state index >= 15 is 0 Å². The Morgan fingerprint density at radius 2 is 0.889 bits per heavy atom. The van der Waals surface area contributed by atoms with Crippen LogP contribution < -0.4 is 4.90 Å². The molecule has 1 aliphatic rings. The molecule has 0 unspecified atom stereocenters. The van der Waals surface area contributed by atoms with Crippen LogP contribution in [0, 0.1) is 0 Å². The van der Waals surface area contributed by atoms with Crippen LogP contribution in [0.1, 0.15) is 25.0 Å². The van der Waals surface area contributed by atoms with Crippen molar-refractivity contribution >= 4 is 38.6 Å². The summed E-state index contributed by atoms with van der Waals surface area (Å²) in [5.74, 6) is 0. The summed E-state index contributed by atoms with van der Waals surface area (Å²) in [6.45, 7) is 4.71. The third-order valence-corrected chi connectivity index (χ3v) is 11.5. The molecule has 1 nitrogen and oxygen atoms in total. The van der Waals surface area contributed by atoms with Crippen molar-refractivity contribution < 1.29 is 0 Å². The second-order valence-electron chi connectivity index (χ2n) is 14.9. The van der Waals surface area contributed by atoms with Crippen molar-refractivity contribution in [2.24, 2.45) is 0 Å². The van der Waals surface area contributed by atoms with E-state index in [1.807, 2.05) is 0 Å². The quantitative estimate of drug-likeness (QED) is 0.168. The Balaban J connectivity index is 1.12. The molecule has 0 saturated carbocycles. The van der Waals surface area contributed by atoms with E-state index in [4.69, 9.17) is 0 Å². The van der Waals surface area contributed by atoms with Gasteiger partial charge in [-0.15, -0.1) is 0 Å². The number of benzene rings is 9. The molecule has 54 heavy (non-hydrogen) atoms. The van der Waals surface area contributed by atoms with E-state index in [-0.39, 0.29) is 5.41 Å². The van der Waals surface area contributed by atoms with Crippen molar-refractivity contribution in [3.63, 3.8) is 0 Å². The van der Waals surface area contributed by atoms with Gasteiger partial charge in [0.15, 0.2) is 0 Å². The molecule has 1 heteroatoms. The number of rotatable bonds is 6. The van der Waals surface area contributed by atoms with Gasteiger partial charge in [0.2, 0.25) is 0 Å². The van der Waals surface area contributed by atoms with Crippen molar-refractivity contribution in [3.8, 4) is 44.5 Å². The maximum Gasteiger partial charge on any atom is 0.0543 e. The number of nitrogens with zero attached hydrogens (tertiary/aromatic N) is 1. The molecule has 9 aromatic rings. The fourth-order valence-electron chi connectivity index (χ4n) is 8.75. The largest absolute Gasteiger partial charge is 0.310 e. The molecular formula is C53H39N. The lowest BCUT2D eigenvalue weighted by molar-refractivity contribution is 0.660. The summed E-state index contributed by atoms with van der Waals surface area (Å²) in [7, 11) is 0. The minimum Gasteiger partial charge on any atom is -0.310 e. The van der Waals surface area contributed by atoms with Crippen molar-refractivity contribution in [1.29, 1.82) is 0 Å². The van der Waals surface area contributed by atoms with Crippen LogP contribution in [0.3, 0.4) is 0 Å². The van der Waals surface area contributed by atoms with Gasteiger partial charge in [-0.3, -0.25) is 0 Å². The number of hydrogen-bond acceptors (Lipinski definition) is 1. The maximum absolute atomic E-state index is 2.45. The molecule has 0 aromatic heterocycles. The summed E-state index contributed by atoms with van der Waals surface area (Å²) in [4.78, 5) is 2.45. The molecule has 0 N–H and O–H groups in total. The monoisotopic (exact) mass is 689 g/mol. The number of hydrogen-bond donors (Lipinski definition) is 0. The average molecular weight is 690 g/mol. The lowest BCUT2D eigenvalue weighted by atomic mass is 9.82. The zero-order chi connectivity index (χ0) is 36.2. The molecule has 0 heterocycles. The first-order valence-electron chi connectivity index (χ1n) is 18.8. The van der Waals surface area contributed by atoms with Crippen LogP contribution in [0.15, 0.2) is 200 Å². The number of fused-ring (bicyclic) bond motifs is 5. The van der Waals surface area contributed by atoms with Crippen LogP contribution >= 0.6 is 0 Å². The zero-order valence-electron chi connectivity index (χ0n) is 30.5. The van der Waals surface area contributed by atoms with Crippen molar-refractivity contribution in [1.82, 2.24) is 0 Å². The van der Waals surface area contributed by atoms with E-state index in [1.54, 1.807) is 0 Å². The Kier molecular flexibility index (Phi) is 7.56. The molecule has 0 aliphatic heterocycles. The van der Waals surface area contributed by atoms with Gasteiger partial charge in [-0.2, -0.15) is 0 Å². The first-order valence-corrected chi connectivity index (χ1v) is 18.8. The van der Waals surface area contributed by atoms with Gasteiger partial charge in [0, 0.05) is 22.4 Å². The first-order chi connectivity index (χ1) is 26.5. The second kappa shape index (κ2) is 12.8. The van der Waals surface area contributed by atoms with E-state index in [0.29, 0.717) is 0 Å². The van der Waals surface area contributed by atoms with E-state index in [0.717, 1.165) is 11.4 Å². The van der Waals surface area contributed by atoms with Crippen molar-refractivity contribution in [2.75, 3.05) is 4.90 Å². The van der Waals surface area contributed by atoms with Gasteiger partial charge in [-0.05, 0) is 114 Å². The summed E-state index contributed by atoms with van der Waals surface area (Å²) in [6, 6.07) is 73.4. The molecule has 0 fully saturated rings. The fraction of sp³-hybridized carbons (Fsp3) is 0.0566. The van der Waals surface area contributed by atoms with Crippen LogP contribution in [0.5, 0.6) is 0 Å². The van der Waals surface area contributed by atoms with E-state index in [2.05, 4.69) is 219 Å². The third kappa shape index (κ3) is 5.24. The highest BCUT2D eigenvalue weighted by molar-refractivity contribution is 6.01. The fourth-order valence-corrected chi connectivity index (χ4v) is 8.75. The van der Waals surface area contributed by atoms with Gasteiger partial charge in [-0.25, -0.2) is 0 Å². The number of anilines is 3. The topological polar surface area (TPSA) is 3.24 Å². The smallest absolute Gasteiger partial charge is 0.0543 e. The van der Waals surface area contributed by atoms with Crippen LogP contribution in [0.2, 0.25) is 0 Å². The summed E-state index contributed by atoms with van der Waals surface area (Å²) in [5, 5.41) is 5.03. The Hall–Kier alpha value is -6.70. The van der Waals surface area contributed by atoms with Gasteiger partial charge in [0.05, 0.1) is 5.69 Å². The molecule has 9 aromatic carbocycles. The SMILES string of the molecule is CC1(C)c2ccccc2-c2c(N(c3ccc(-c4cc(-c5ccccc5)c5ccccc5c4)cc3)c3ccc(-c4cccc5ccccc45)cc3)cccc21. The van der Waals surface area contributed by atoms with Crippen molar-refractivity contribution in [3.05, 3.63) is 211 Å². The maximum atomic E-state index is 2.45. The summed E-state index contributed by atoms with van der Waals surface area (Å²) >= 11 is 0. The molecule has 0 amide bonds. The van der Waals surface area contributed by atoms with Gasteiger partial charge < -0.3 is 4.90 Å². The molecular weight excluding hydrogens is 651 g/mol. The van der Waals surface area contributed by atoms with Crippen LogP contribution in [-0.4, -0.2) is 0 Å². The Labute approximate surface area is 317 Å². The van der Waals surface area contributed by atoms with E-state index in [9.17, 15) is 0 Å². The first kappa shape index (κ1) is 32.0. The summed E-state index contributed by atoms with van der Waals surface area (Å²) in [5.41, 5.74) is 16.0. The molecule has 0 spiro atoms. The third-order valence-electron chi connectivity index (χ3n) is 11.5. The Morgan fingerprint density at radius 1 is 0.352 bits per heavy atom. The molecule has 1 aliphatic carbocycles. The van der Waals surface area contributed by atoms with Crippen LogP contribution in [-0.2, 0) is 5.41 Å². The predicted octanol–water partition coefficient (Wildman–Crippen LogP) is 14.8. The van der Waals surface area contributed by atoms with Crippen LogP contribution in [0.4, 0.5) is 17.1 Å². The van der Waals surface area contributed by atoms with Gasteiger partial charge >= 0.3 is 0 Å². The lowest BCUT2D eigenvalue weighted by Gasteiger charge is -2.29. The van der Waals surface area contributed by atoms with Gasteiger partial charge in [-0.1, -0.05) is 172 Å². The highest BCUT2D eigenvalue weighted by atomic mass is 15.1. The minimum atomic E-state index is -0.0950. The average Bonchev–Trinajstić information content (AvgIpc) is 3.47. The molecule has 0 bridgehead atoms. The zero-order valence-corrected chi connectivity index (χ0v) is 30.5. The van der Waals surface area contributed by atoms with Gasteiger partial charge in [0.1, 0.15) is 0 Å². The minimum absolute atomic E-state index is 0.0950. The normalized spacial score (nSPS) is 12.8. The predicted molar refractivity (Wildman–Crippen MR) is 230 cm³/mol. The molecule has 0 saturated heterocycles. The van der Waals surface area contributed by atoms with E-state index in [1.165, 1.54) is 82.9 Å². The molecule has 0 radical (unpaired) electrons. The molecule has 0 atom stereocenters. The van der Waals surface area contributed by atoms with Crippen LogP contribution in [0.25, 0.3) is 66.1 Å². The summed E-state index contributed by atoms with van der Waals surface area (Å²) in [6.07, 6.45) is 0. The Morgan fingerprint density at radius 3 is 1.65 bits per heavy atom. The standard InChI is InChI=1S/C53H39N/c1-53(2)49-23-11-10-21-47(49)52-50(53)24-13-25-51(52)54(43-32-28-39(29-33-43)45-22-12-18-37-16-6-8-19-44(37)45)42-30-26-36(27-31-42)41-34-40-17-7-9-20-46(40)48(35-41)38-14-4-3-5-15-38/h3-35H,1-2H3. The summed E-state index contributed by atoms with van der Waals surface area (Å²) < 4.78 is 0. The highest BCUT2D eigenvalue weighted by Crippen LogP contribution is 2.54. The Bertz CT molecular complexity index is 2820. The molecule has 256 valence electrons. The van der Waals surface area contributed by atoms with E-state index < -0.39 is 0 Å². The van der Waals surface area contributed by atoms with Crippen molar-refractivity contribution in [2.45, 2.75) is 19.3 Å². The second-order valence-corrected chi connectivity index (χ2v) is 14.9. The molecule has 10 rings (SSSR count).